The molecule has 3 N–H and O–H groups in total. The zero-order chi connectivity index (χ0) is 8.91. The van der Waals surface area contributed by atoms with Crippen molar-refractivity contribution in [2.45, 2.75) is 18.3 Å². The molecular weight excluding hydrogens is 178 g/mol. The Labute approximate surface area is 68.8 Å². The van der Waals surface area contributed by atoms with Gasteiger partial charge in [0.1, 0.15) is 6.04 Å². The molecule has 0 heterocycles. The molecule has 6 heteroatoms. The first-order chi connectivity index (χ1) is 5.02. The second-order valence-electron chi connectivity index (χ2n) is 1.92. The molecule has 0 aromatic heterocycles. The van der Waals surface area contributed by atoms with E-state index in [1.165, 1.54) is 0 Å². The summed E-state index contributed by atoms with van der Waals surface area (Å²) in [6, 6.07) is -1.34. The van der Waals surface area contributed by atoms with E-state index in [0.717, 1.165) is 0 Å². The molecule has 0 spiro atoms. The SMILES string of the molecule is CCOCC(NN)C(F)(F)Cl. The first kappa shape index (κ1) is 11.0. The minimum Gasteiger partial charge on any atom is -0.380 e. The topological polar surface area (TPSA) is 47.3 Å². The summed E-state index contributed by atoms with van der Waals surface area (Å²) >= 11 is 4.68. The van der Waals surface area contributed by atoms with E-state index in [0.29, 0.717) is 6.61 Å². The number of nitrogens with one attached hydrogen (secondary N) is 1. The lowest BCUT2D eigenvalue weighted by atomic mass is 10.3. The lowest BCUT2D eigenvalue weighted by Crippen LogP contribution is -2.48. The highest BCUT2D eigenvalue weighted by Crippen LogP contribution is 2.23. The largest absolute Gasteiger partial charge is 0.380 e. The summed E-state index contributed by atoms with van der Waals surface area (Å²) in [6.07, 6.45) is 0. The first-order valence-electron chi connectivity index (χ1n) is 3.13. The molecule has 1 atom stereocenters. The summed E-state index contributed by atoms with van der Waals surface area (Å²) in [5.41, 5.74) is 1.87. The standard InChI is InChI=1S/C5H11ClF2N2O/c1-2-11-3-4(10-9)5(6,7)8/h4,10H,2-3,9H2,1H3. The van der Waals surface area contributed by atoms with Crippen LogP contribution in [0.1, 0.15) is 6.92 Å². The molecule has 0 fully saturated rings. The molecule has 68 valence electrons. The Morgan fingerprint density at radius 2 is 2.27 bits per heavy atom. The molecule has 3 nitrogen and oxygen atoms in total. The number of rotatable bonds is 5. The maximum Gasteiger partial charge on any atom is 0.340 e. The molecule has 0 amide bonds. The van der Waals surface area contributed by atoms with Crippen molar-refractivity contribution in [3.63, 3.8) is 0 Å². The Kier molecular flexibility index (Phi) is 4.83. The normalized spacial score (nSPS) is 15.0. The number of hydrazine groups is 1. The number of hydrogen-bond acceptors (Lipinski definition) is 3. The second kappa shape index (κ2) is 4.82. The molecule has 0 rings (SSSR count). The molecular formula is C5H11ClF2N2O. The average Bonchev–Trinajstić information content (AvgIpc) is 1.87. The van der Waals surface area contributed by atoms with Crippen LogP contribution < -0.4 is 11.3 Å². The summed E-state index contributed by atoms with van der Waals surface area (Å²) in [5.74, 6) is 4.81. The van der Waals surface area contributed by atoms with E-state index in [4.69, 9.17) is 10.6 Å². The molecule has 0 aliphatic heterocycles. The van der Waals surface area contributed by atoms with Crippen LogP contribution in [0.5, 0.6) is 0 Å². The number of alkyl halides is 3. The Morgan fingerprint density at radius 3 is 2.55 bits per heavy atom. The van der Waals surface area contributed by atoms with Crippen LogP contribution in [0.2, 0.25) is 0 Å². The quantitative estimate of drug-likeness (QED) is 0.379. The highest BCUT2D eigenvalue weighted by molar-refractivity contribution is 6.22. The van der Waals surface area contributed by atoms with Gasteiger partial charge in [0.15, 0.2) is 0 Å². The van der Waals surface area contributed by atoms with Crippen molar-refractivity contribution < 1.29 is 13.5 Å². The van der Waals surface area contributed by atoms with E-state index in [1.54, 1.807) is 6.92 Å². The van der Waals surface area contributed by atoms with Crippen molar-refractivity contribution in [2.24, 2.45) is 5.84 Å². The number of halogens is 3. The second-order valence-corrected chi connectivity index (χ2v) is 2.42. The van der Waals surface area contributed by atoms with Crippen molar-refractivity contribution in [1.82, 2.24) is 5.43 Å². The van der Waals surface area contributed by atoms with Crippen LogP contribution in [-0.2, 0) is 4.74 Å². The van der Waals surface area contributed by atoms with Gasteiger partial charge in [-0.15, -0.1) is 0 Å². The predicted molar refractivity (Wildman–Crippen MR) is 38.4 cm³/mol. The van der Waals surface area contributed by atoms with Crippen LogP contribution in [0.15, 0.2) is 0 Å². The fraction of sp³-hybridized carbons (Fsp3) is 1.00. The molecule has 0 bridgehead atoms. The smallest absolute Gasteiger partial charge is 0.340 e. The molecule has 0 saturated heterocycles. The Balaban J connectivity index is 3.76. The van der Waals surface area contributed by atoms with Gasteiger partial charge in [0.05, 0.1) is 6.61 Å². The van der Waals surface area contributed by atoms with Crippen LogP contribution in [-0.4, -0.2) is 24.6 Å². The Morgan fingerprint density at radius 1 is 1.73 bits per heavy atom. The van der Waals surface area contributed by atoms with E-state index in [9.17, 15) is 8.78 Å². The van der Waals surface area contributed by atoms with Crippen LogP contribution in [0.25, 0.3) is 0 Å². The molecule has 0 aromatic carbocycles. The maximum atomic E-state index is 12.3. The number of nitrogens with two attached hydrogens (primary N) is 1. The van der Waals surface area contributed by atoms with Crippen LogP contribution in [0, 0.1) is 0 Å². The van der Waals surface area contributed by atoms with Crippen LogP contribution >= 0.6 is 11.6 Å². The summed E-state index contributed by atoms with van der Waals surface area (Å²) in [5, 5.41) is -3.37. The van der Waals surface area contributed by atoms with E-state index >= 15 is 0 Å². The predicted octanol–water partition coefficient (Wildman–Crippen LogP) is 0.686. The minimum absolute atomic E-state index is 0.205. The molecule has 0 aliphatic carbocycles. The minimum atomic E-state index is -3.37. The summed E-state index contributed by atoms with van der Waals surface area (Å²) < 4.78 is 29.2. The van der Waals surface area contributed by atoms with Crippen molar-refractivity contribution >= 4 is 11.6 Å². The third-order valence-corrected chi connectivity index (χ3v) is 1.35. The van der Waals surface area contributed by atoms with Gasteiger partial charge in [-0.25, -0.2) is 5.43 Å². The fourth-order valence-corrected chi connectivity index (χ4v) is 0.599. The molecule has 0 aromatic rings. The van der Waals surface area contributed by atoms with Crippen molar-refractivity contribution in [2.75, 3.05) is 13.2 Å². The number of ether oxygens (including phenoxy) is 1. The van der Waals surface area contributed by atoms with Gasteiger partial charge >= 0.3 is 5.38 Å². The van der Waals surface area contributed by atoms with Gasteiger partial charge in [0.25, 0.3) is 0 Å². The third kappa shape index (κ3) is 4.47. The summed E-state index contributed by atoms with van der Waals surface area (Å²) in [4.78, 5) is 0. The van der Waals surface area contributed by atoms with E-state index in [2.05, 4.69) is 11.6 Å². The third-order valence-electron chi connectivity index (χ3n) is 1.08. The lowest BCUT2D eigenvalue weighted by molar-refractivity contribution is 0.00386. The number of hydrogen-bond donors (Lipinski definition) is 2. The molecule has 0 radical (unpaired) electrons. The van der Waals surface area contributed by atoms with E-state index in [1.807, 2.05) is 5.43 Å². The zero-order valence-corrected chi connectivity index (χ0v) is 6.87. The van der Waals surface area contributed by atoms with Gasteiger partial charge in [-0.1, -0.05) is 0 Å². The Bertz CT molecular complexity index is 109. The molecule has 0 aliphatic rings. The maximum absolute atomic E-state index is 12.3. The molecule has 0 saturated carbocycles. The monoisotopic (exact) mass is 188 g/mol. The van der Waals surface area contributed by atoms with Gasteiger partial charge in [0, 0.05) is 6.61 Å². The van der Waals surface area contributed by atoms with Gasteiger partial charge in [0.2, 0.25) is 0 Å². The lowest BCUT2D eigenvalue weighted by Gasteiger charge is -2.19. The van der Waals surface area contributed by atoms with Crippen molar-refractivity contribution in [1.29, 1.82) is 0 Å². The molecule has 1 unspecified atom stereocenters. The molecule has 11 heavy (non-hydrogen) atoms. The summed E-state index contributed by atoms with van der Waals surface area (Å²) in [7, 11) is 0. The van der Waals surface area contributed by atoms with Crippen molar-refractivity contribution in [3.05, 3.63) is 0 Å². The van der Waals surface area contributed by atoms with Gasteiger partial charge in [-0.2, -0.15) is 8.78 Å². The first-order valence-corrected chi connectivity index (χ1v) is 3.50. The Hall–Kier alpha value is 0.0300. The van der Waals surface area contributed by atoms with Gasteiger partial charge < -0.3 is 4.74 Å². The van der Waals surface area contributed by atoms with Crippen LogP contribution in [0.4, 0.5) is 8.78 Å². The van der Waals surface area contributed by atoms with Gasteiger partial charge in [-0.3, -0.25) is 5.84 Å². The van der Waals surface area contributed by atoms with E-state index in [-0.39, 0.29) is 6.61 Å². The van der Waals surface area contributed by atoms with Gasteiger partial charge in [-0.05, 0) is 18.5 Å². The highest BCUT2D eigenvalue weighted by atomic mass is 35.5. The summed E-state index contributed by atoms with van der Waals surface area (Å²) in [6.45, 7) is 1.84. The van der Waals surface area contributed by atoms with Crippen molar-refractivity contribution in [3.8, 4) is 0 Å². The highest BCUT2D eigenvalue weighted by Gasteiger charge is 2.36. The zero-order valence-electron chi connectivity index (χ0n) is 6.11. The van der Waals surface area contributed by atoms with Crippen LogP contribution in [0.3, 0.4) is 0 Å². The average molecular weight is 189 g/mol. The van der Waals surface area contributed by atoms with E-state index < -0.39 is 11.4 Å². The fourth-order valence-electron chi connectivity index (χ4n) is 0.473.